The molecule has 0 aliphatic rings. The Balaban J connectivity index is 0.0000109. The largest absolute Gasteiger partial charge is 1.00 e. The monoisotopic (exact) mass is 518 g/mol. The SMILES string of the molecule is CCCCCCCCCCCCCCCCCCCCCCCc1cccc(S(=O)(=O)[O-])c1.[K+]. The predicted octanol–water partition coefficient (Wildman–Crippen LogP) is 6.35. The Hall–Kier alpha value is 0.766. The van der Waals surface area contributed by atoms with Gasteiger partial charge in [0.15, 0.2) is 0 Å². The van der Waals surface area contributed by atoms with Gasteiger partial charge in [0.25, 0.3) is 0 Å². The minimum Gasteiger partial charge on any atom is -0.744 e. The van der Waals surface area contributed by atoms with E-state index in [1.165, 1.54) is 141 Å². The van der Waals surface area contributed by atoms with E-state index >= 15 is 0 Å². The number of hydrogen-bond donors (Lipinski definition) is 0. The normalized spacial score (nSPS) is 11.5. The van der Waals surface area contributed by atoms with Gasteiger partial charge in [-0.05, 0) is 30.5 Å². The molecule has 0 aliphatic heterocycles. The topological polar surface area (TPSA) is 57.2 Å². The van der Waals surface area contributed by atoms with Crippen molar-refractivity contribution in [3.63, 3.8) is 0 Å². The van der Waals surface area contributed by atoms with Gasteiger partial charge in [0.05, 0.1) is 4.90 Å². The number of rotatable bonds is 23. The predicted molar refractivity (Wildman–Crippen MR) is 141 cm³/mol. The van der Waals surface area contributed by atoms with E-state index in [-0.39, 0.29) is 56.3 Å². The van der Waals surface area contributed by atoms with E-state index in [9.17, 15) is 13.0 Å². The Bertz CT molecular complexity index is 676. The van der Waals surface area contributed by atoms with Gasteiger partial charge in [0.1, 0.15) is 10.1 Å². The molecule has 34 heavy (non-hydrogen) atoms. The molecule has 0 saturated heterocycles. The van der Waals surface area contributed by atoms with Gasteiger partial charge in [-0.25, -0.2) is 8.42 Å². The zero-order valence-corrected chi connectivity index (χ0v) is 26.4. The zero-order chi connectivity index (χ0) is 24.0. The molecule has 0 bridgehead atoms. The van der Waals surface area contributed by atoms with Crippen LogP contribution in [0.1, 0.15) is 147 Å². The molecule has 1 aromatic rings. The molecule has 3 nitrogen and oxygen atoms in total. The molecule has 0 N–H and O–H groups in total. The van der Waals surface area contributed by atoms with E-state index in [0.29, 0.717) is 0 Å². The second-order valence-corrected chi connectivity index (χ2v) is 11.3. The molecule has 0 heterocycles. The van der Waals surface area contributed by atoms with Crippen molar-refractivity contribution in [1.29, 1.82) is 0 Å². The molecule has 0 radical (unpaired) electrons. The molecular formula is C29H51KO3S. The molecular weight excluding hydrogens is 467 g/mol. The molecule has 0 unspecified atom stereocenters. The van der Waals surface area contributed by atoms with Crippen LogP contribution in [0, 0.1) is 0 Å². The van der Waals surface area contributed by atoms with Crippen molar-refractivity contribution in [2.24, 2.45) is 0 Å². The van der Waals surface area contributed by atoms with E-state index in [1.807, 2.05) is 6.07 Å². The van der Waals surface area contributed by atoms with E-state index in [2.05, 4.69) is 6.92 Å². The first-order chi connectivity index (χ1) is 16.0. The van der Waals surface area contributed by atoms with Crippen molar-refractivity contribution in [3.05, 3.63) is 29.8 Å². The van der Waals surface area contributed by atoms with Gasteiger partial charge < -0.3 is 4.55 Å². The Labute approximate surface area is 254 Å². The van der Waals surface area contributed by atoms with E-state index in [1.54, 1.807) is 6.07 Å². The third kappa shape index (κ3) is 20.9. The van der Waals surface area contributed by atoms with Crippen molar-refractivity contribution < 1.29 is 64.4 Å². The maximum atomic E-state index is 11.1. The average molecular weight is 519 g/mol. The van der Waals surface area contributed by atoms with E-state index in [4.69, 9.17) is 0 Å². The van der Waals surface area contributed by atoms with Gasteiger partial charge in [-0.1, -0.05) is 147 Å². The summed E-state index contributed by atoms with van der Waals surface area (Å²) < 4.78 is 33.3. The van der Waals surface area contributed by atoms with Crippen LogP contribution >= 0.6 is 0 Å². The van der Waals surface area contributed by atoms with Crippen molar-refractivity contribution in [3.8, 4) is 0 Å². The summed E-state index contributed by atoms with van der Waals surface area (Å²) in [4.78, 5) is -0.108. The molecule has 0 spiro atoms. The van der Waals surface area contributed by atoms with Gasteiger partial charge in [0.2, 0.25) is 0 Å². The second kappa shape index (κ2) is 24.1. The molecule has 0 aromatic heterocycles. The summed E-state index contributed by atoms with van der Waals surface area (Å²) in [6.07, 6.45) is 29.7. The minimum absolute atomic E-state index is 0. The molecule has 192 valence electrons. The van der Waals surface area contributed by atoms with Gasteiger partial charge in [-0.3, -0.25) is 0 Å². The summed E-state index contributed by atoms with van der Waals surface area (Å²) in [7, 11) is -4.34. The molecule has 5 heteroatoms. The quantitative estimate of drug-likeness (QED) is 0.0963. The molecule has 0 fully saturated rings. The van der Waals surface area contributed by atoms with Gasteiger partial charge in [0, 0.05) is 0 Å². The second-order valence-electron chi connectivity index (χ2n) is 9.92. The van der Waals surface area contributed by atoms with Crippen LogP contribution in [0.3, 0.4) is 0 Å². The van der Waals surface area contributed by atoms with Crippen molar-refractivity contribution in [2.45, 2.75) is 153 Å². The Morgan fingerprint density at radius 2 is 0.941 bits per heavy atom. The number of unbranched alkanes of at least 4 members (excludes halogenated alkanes) is 20. The number of benzene rings is 1. The van der Waals surface area contributed by atoms with Crippen LogP contribution in [0.4, 0.5) is 0 Å². The van der Waals surface area contributed by atoms with E-state index < -0.39 is 10.1 Å². The maximum absolute atomic E-state index is 11.1. The number of aryl methyl sites for hydroxylation is 1. The summed E-state index contributed by atoms with van der Waals surface area (Å²) >= 11 is 0. The minimum atomic E-state index is -4.34. The third-order valence-electron chi connectivity index (χ3n) is 6.76. The molecule has 1 aromatic carbocycles. The van der Waals surface area contributed by atoms with Gasteiger partial charge in [-0.15, -0.1) is 0 Å². The van der Waals surface area contributed by atoms with Crippen LogP contribution < -0.4 is 51.4 Å². The zero-order valence-electron chi connectivity index (χ0n) is 22.5. The summed E-state index contributed by atoms with van der Waals surface area (Å²) in [5.41, 5.74) is 0.949. The smallest absolute Gasteiger partial charge is 0.744 e. The fourth-order valence-electron chi connectivity index (χ4n) is 4.62. The third-order valence-corrected chi connectivity index (χ3v) is 7.59. The summed E-state index contributed by atoms with van der Waals surface area (Å²) in [6.45, 7) is 2.28. The van der Waals surface area contributed by atoms with Crippen LogP contribution in [-0.4, -0.2) is 13.0 Å². The molecule has 0 atom stereocenters. The first-order valence-electron chi connectivity index (χ1n) is 14.1. The Morgan fingerprint density at radius 3 is 1.29 bits per heavy atom. The van der Waals surface area contributed by atoms with E-state index in [0.717, 1.165) is 18.4 Å². The van der Waals surface area contributed by atoms with Crippen LogP contribution in [-0.2, 0) is 16.5 Å². The first-order valence-corrected chi connectivity index (χ1v) is 15.5. The molecule has 0 aliphatic carbocycles. The summed E-state index contributed by atoms with van der Waals surface area (Å²) in [5, 5.41) is 0. The fourth-order valence-corrected chi connectivity index (χ4v) is 5.16. The summed E-state index contributed by atoms with van der Waals surface area (Å²) in [5.74, 6) is 0. The van der Waals surface area contributed by atoms with Crippen LogP contribution in [0.15, 0.2) is 29.2 Å². The standard InChI is InChI=1S/C29H52O3S.K/c1-2-3-4-5-6-7-8-9-10-11-12-13-14-15-16-17-18-19-20-21-22-24-28-25-23-26-29(27-28)33(30,31)32;/h23,25-27H,2-22,24H2,1H3,(H,30,31,32);/q;+1/p-1. The maximum Gasteiger partial charge on any atom is 1.00 e. The molecule has 1 rings (SSSR count). The number of hydrogen-bond acceptors (Lipinski definition) is 3. The van der Waals surface area contributed by atoms with Crippen LogP contribution in [0.25, 0.3) is 0 Å². The van der Waals surface area contributed by atoms with Crippen molar-refractivity contribution in [1.82, 2.24) is 0 Å². The van der Waals surface area contributed by atoms with Gasteiger partial charge in [-0.2, -0.15) is 0 Å². The molecule has 0 saturated carbocycles. The van der Waals surface area contributed by atoms with Crippen LogP contribution in [0.5, 0.6) is 0 Å². The summed E-state index contributed by atoms with van der Waals surface area (Å²) in [6, 6.07) is 6.48. The molecule has 0 amide bonds. The van der Waals surface area contributed by atoms with Crippen molar-refractivity contribution in [2.75, 3.05) is 0 Å². The van der Waals surface area contributed by atoms with Crippen molar-refractivity contribution >= 4 is 10.1 Å². The Kier molecular flexibility index (Phi) is 24.7. The Morgan fingerprint density at radius 1 is 0.588 bits per heavy atom. The van der Waals surface area contributed by atoms with Gasteiger partial charge >= 0.3 is 51.4 Å². The average Bonchev–Trinajstić information content (AvgIpc) is 2.79. The van der Waals surface area contributed by atoms with Crippen LogP contribution in [0.2, 0.25) is 0 Å². The fraction of sp³-hybridized carbons (Fsp3) is 0.793. The first kappa shape index (κ1) is 34.8.